The number of nitrogens with one attached hydrogen (secondary N) is 2. The Morgan fingerprint density at radius 3 is 2.36 bits per heavy atom. The first kappa shape index (κ1) is 19.6. The van der Waals surface area contributed by atoms with Gasteiger partial charge in [0.15, 0.2) is 0 Å². The Hall–Kier alpha value is -1.70. The summed E-state index contributed by atoms with van der Waals surface area (Å²) in [5, 5.41) is 4.49. The van der Waals surface area contributed by atoms with Gasteiger partial charge in [0.2, 0.25) is 5.91 Å². The quantitative estimate of drug-likeness (QED) is 0.734. The number of amides is 1. The van der Waals surface area contributed by atoms with Crippen molar-refractivity contribution in [3.63, 3.8) is 0 Å². The van der Waals surface area contributed by atoms with Crippen LogP contribution >= 0.6 is 11.3 Å². The van der Waals surface area contributed by atoms with E-state index < -0.39 is 16.1 Å². The molecule has 5 nitrogen and oxygen atoms in total. The highest BCUT2D eigenvalue weighted by atomic mass is 32.2. The largest absolute Gasteiger partial charge is 0.325 e. The molecule has 136 valence electrons. The molecular formula is C18H24N2O3S2. The van der Waals surface area contributed by atoms with Crippen molar-refractivity contribution in [3.05, 3.63) is 47.3 Å². The molecule has 1 unspecified atom stereocenters. The highest BCUT2D eigenvalue weighted by molar-refractivity contribution is 7.91. The molecule has 1 heterocycles. The Morgan fingerprint density at radius 1 is 1.16 bits per heavy atom. The Kier molecular flexibility index (Phi) is 6.75. The molecule has 7 heteroatoms. The predicted molar refractivity (Wildman–Crippen MR) is 102 cm³/mol. The van der Waals surface area contributed by atoms with Gasteiger partial charge in [0.1, 0.15) is 10.3 Å². The van der Waals surface area contributed by atoms with E-state index in [9.17, 15) is 13.2 Å². The lowest BCUT2D eigenvalue weighted by atomic mass is 10.0. The monoisotopic (exact) mass is 380 g/mol. The maximum absolute atomic E-state index is 12.6. The number of thiophene rings is 1. The van der Waals surface area contributed by atoms with Gasteiger partial charge < -0.3 is 5.32 Å². The third-order valence-corrected chi connectivity index (χ3v) is 6.59. The van der Waals surface area contributed by atoms with Crippen LogP contribution in [0.3, 0.4) is 0 Å². The van der Waals surface area contributed by atoms with E-state index >= 15 is 0 Å². The zero-order valence-corrected chi connectivity index (χ0v) is 16.3. The summed E-state index contributed by atoms with van der Waals surface area (Å²) in [7, 11) is -3.70. The molecule has 0 saturated heterocycles. The van der Waals surface area contributed by atoms with E-state index in [4.69, 9.17) is 0 Å². The average Bonchev–Trinajstić information content (AvgIpc) is 3.10. The topological polar surface area (TPSA) is 75.3 Å². The molecule has 0 fully saturated rings. The number of carbonyl (C=O) groups excluding carboxylic acids is 1. The molecule has 0 bridgehead atoms. The lowest BCUT2D eigenvalue weighted by Gasteiger charge is -2.21. The summed E-state index contributed by atoms with van der Waals surface area (Å²) in [6.45, 7) is 5.74. The van der Waals surface area contributed by atoms with Gasteiger partial charge in [0, 0.05) is 5.69 Å². The second-order valence-electron chi connectivity index (χ2n) is 6.21. The third kappa shape index (κ3) is 5.39. The predicted octanol–water partition coefficient (Wildman–Crippen LogP) is 3.64. The van der Waals surface area contributed by atoms with Gasteiger partial charge in [-0.1, -0.05) is 45.4 Å². The molecule has 2 N–H and O–H groups in total. The first-order chi connectivity index (χ1) is 11.8. The van der Waals surface area contributed by atoms with Gasteiger partial charge in [-0.15, -0.1) is 11.3 Å². The zero-order valence-electron chi connectivity index (χ0n) is 14.7. The van der Waals surface area contributed by atoms with Crippen molar-refractivity contribution in [3.8, 4) is 0 Å². The molecule has 0 radical (unpaired) electrons. The van der Waals surface area contributed by atoms with E-state index in [2.05, 4.69) is 17.0 Å². The molecule has 2 rings (SSSR count). The van der Waals surface area contributed by atoms with Gasteiger partial charge in [-0.25, -0.2) is 8.42 Å². The van der Waals surface area contributed by atoms with E-state index in [1.54, 1.807) is 11.4 Å². The van der Waals surface area contributed by atoms with Crippen LogP contribution in [0.25, 0.3) is 0 Å². The second kappa shape index (κ2) is 8.60. The van der Waals surface area contributed by atoms with Crippen molar-refractivity contribution in [1.29, 1.82) is 0 Å². The van der Waals surface area contributed by atoms with Crippen LogP contribution in [-0.2, 0) is 21.2 Å². The number of benzene rings is 1. The van der Waals surface area contributed by atoms with Crippen LogP contribution < -0.4 is 10.0 Å². The molecule has 1 aromatic carbocycles. The smallest absolute Gasteiger partial charge is 0.250 e. The van der Waals surface area contributed by atoms with Crippen molar-refractivity contribution < 1.29 is 13.2 Å². The van der Waals surface area contributed by atoms with Crippen LogP contribution in [0.5, 0.6) is 0 Å². The number of anilines is 1. The van der Waals surface area contributed by atoms with E-state index in [1.807, 2.05) is 38.1 Å². The first-order valence-electron chi connectivity index (χ1n) is 8.29. The SMILES string of the molecule is CCCc1ccc(NC(=O)C(NS(=O)(=O)c2cccs2)C(C)C)cc1. The second-order valence-corrected chi connectivity index (χ2v) is 9.10. The molecular weight excluding hydrogens is 356 g/mol. The lowest BCUT2D eigenvalue weighted by molar-refractivity contribution is -0.118. The van der Waals surface area contributed by atoms with Gasteiger partial charge in [-0.3, -0.25) is 4.79 Å². The normalized spacial score (nSPS) is 13.0. The van der Waals surface area contributed by atoms with Crippen LogP contribution in [0, 0.1) is 5.92 Å². The van der Waals surface area contributed by atoms with Crippen molar-refractivity contribution in [1.82, 2.24) is 4.72 Å². The first-order valence-corrected chi connectivity index (χ1v) is 10.7. The van der Waals surface area contributed by atoms with E-state index in [0.29, 0.717) is 5.69 Å². The minimum Gasteiger partial charge on any atom is -0.325 e. The molecule has 25 heavy (non-hydrogen) atoms. The van der Waals surface area contributed by atoms with Crippen LogP contribution in [0.15, 0.2) is 46.0 Å². The summed E-state index contributed by atoms with van der Waals surface area (Å²) in [6.07, 6.45) is 2.05. The van der Waals surface area contributed by atoms with Gasteiger partial charge in [0.05, 0.1) is 0 Å². The van der Waals surface area contributed by atoms with Crippen LogP contribution in [0.4, 0.5) is 5.69 Å². The van der Waals surface area contributed by atoms with Crippen molar-refractivity contribution in [2.45, 2.75) is 43.9 Å². The molecule has 0 spiro atoms. The summed E-state index contributed by atoms with van der Waals surface area (Å²) < 4.78 is 27.5. The zero-order chi connectivity index (χ0) is 18.4. The minimum atomic E-state index is -3.70. The highest BCUT2D eigenvalue weighted by Gasteiger charge is 2.28. The number of rotatable bonds is 8. The van der Waals surface area contributed by atoms with Crippen molar-refractivity contribution in [2.24, 2.45) is 5.92 Å². The Morgan fingerprint density at radius 2 is 1.84 bits per heavy atom. The number of sulfonamides is 1. The number of hydrogen-bond donors (Lipinski definition) is 2. The van der Waals surface area contributed by atoms with Crippen molar-refractivity contribution >= 4 is 33.0 Å². The van der Waals surface area contributed by atoms with Gasteiger partial charge >= 0.3 is 0 Å². The van der Waals surface area contributed by atoms with Crippen molar-refractivity contribution in [2.75, 3.05) is 5.32 Å². The molecule has 0 saturated carbocycles. The van der Waals surface area contributed by atoms with Gasteiger partial charge in [-0.2, -0.15) is 4.72 Å². The summed E-state index contributed by atoms with van der Waals surface area (Å²) in [5.74, 6) is -0.549. The lowest BCUT2D eigenvalue weighted by Crippen LogP contribution is -2.46. The van der Waals surface area contributed by atoms with E-state index in [0.717, 1.165) is 24.2 Å². The Labute approximate surface area is 153 Å². The average molecular weight is 381 g/mol. The Bertz CT molecular complexity index is 782. The fourth-order valence-corrected chi connectivity index (χ4v) is 4.75. The summed E-state index contributed by atoms with van der Waals surface area (Å²) in [6, 6.07) is 9.97. The highest BCUT2D eigenvalue weighted by Crippen LogP contribution is 2.18. The fraction of sp³-hybridized carbons (Fsp3) is 0.389. The summed E-state index contributed by atoms with van der Waals surface area (Å²) in [4.78, 5) is 12.6. The van der Waals surface area contributed by atoms with Crippen LogP contribution in [-0.4, -0.2) is 20.4 Å². The molecule has 1 amide bonds. The third-order valence-electron chi connectivity index (χ3n) is 3.75. The van der Waals surface area contributed by atoms with Gasteiger partial charge in [0.25, 0.3) is 10.0 Å². The molecule has 2 aromatic rings. The number of carbonyl (C=O) groups is 1. The molecule has 1 atom stereocenters. The summed E-state index contributed by atoms with van der Waals surface area (Å²) in [5.41, 5.74) is 1.87. The standard InChI is InChI=1S/C18H24N2O3S2/c1-4-6-14-8-10-15(11-9-14)19-18(21)17(13(2)3)20-25(22,23)16-7-5-12-24-16/h5,7-13,17,20H,4,6H2,1-3H3,(H,19,21). The molecule has 0 aliphatic rings. The Balaban J connectivity index is 2.10. The minimum absolute atomic E-state index is 0.186. The maximum atomic E-state index is 12.6. The molecule has 0 aliphatic carbocycles. The number of hydrogen-bond acceptors (Lipinski definition) is 4. The summed E-state index contributed by atoms with van der Waals surface area (Å²) >= 11 is 1.12. The molecule has 0 aliphatic heterocycles. The van der Waals surface area contributed by atoms with E-state index in [1.165, 1.54) is 11.6 Å². The molecule has 1 aromatic heterocycles. The van der Waals surface area contributed by atoms with E-state index in [-0.39, 0.29) is 16.0 Å². The van der Waals surface area contributed by atoms with Gasteiger partial charge in [-0.05, 0) is 41.5 Å². The number of aryl methyl sites for hydroxylation is 1. The van der Waals surface area contributed by atoms with Crippen LogP contribution in [0.1, 0.15) is 32.8 Å². The van der Waals surface area contributed by atoms with Crippen LogP contribution in [0.2, 0.25) is 0 Å². The fourth-order valence-electron chi connectivity index (χ4n) is 2.40. The maximum Gasteiger partial charge on any atom is 0.250 e.